The zero-order valence-electron chi connectivity index (χ0n) is 11.0. The lowest BCUT2D eigenvalue weighted by molar-refractivity contribution is -0.254. The first kappa shape index (κ1) is 13.0. The number of carboxylic acid groups (broad SMARTS) is 1. The van der Waals surface area contributed by atoms with E-state index in [-0.39, 0.29) is 5.56 Å². The number of aromatic nitrogens is 3. The summed E-state index contributed by atoms with van der Waals surface area (Å²) in [4.78, 5) is 23.5. The van der Waals surface area contributed by atoms with Crippen molar-refractivity contribution in [2.75, 3.05) is 5.32 Å². The van der Waals surface area contributed by atoms with Crippen molar-refractivity contribution in [2.45, 2.75) is 6.54 Å². The third-order valence-electron chi connectivity index (χ3n) is 3.07. The second kappa shape index (κ2) is 5.54. The Morgan fingerprint density at radius 3 is 2.86 bits per heavy atom. The summed E-state index contributed by atoms with van der Waals surface area (Å²) in [7, 11) is 0. The van der Waals surface area contributed by atoms with E-state index in [4.69, 9.17) is 0 Å². The van der Waals surface area contributed by atoms with E-state index in [1.807, 2.05) is 12.1 Å². The first-order valence-corrected chi connectivity index (χ1v) is 6.33. The molecule has 2 heterocycles. The van der Waals surface area contributed by atoms with Gasteiger partial charge in [-0.2, -0.15) is 0 Å². The maximum Gasteiger partial charge on any atom is 0.138 e. The number of carbonyl (C=O) groups is 1. The first-order valence-electron chi connectivity index (χ1n) is 6.33. The summed E-state index contributed by atoms with van der Waals surface area (Å²) in [5.41, 5.74) is 1.59. The number of carboxylic acids is 1. The fourth-order valence-corrected chi connectivity index (χ4v) is 2.10. The molecule has 0 saturated heterocycles. The van der Waals surface area contributed by atoms with Gasteiger partial charge < -0.3 is 15.2 Å². The Kier molecular flexibility index (Phi) is 3.42. The number of nitrogens with zero attached hydrogens (tertiary/aromatic N) is 3. The smallest absolute Gasteiger partial charge is 0.138 e. The van der Waals surface area contributed by atoms with Crippen molar-refractivity contribution in [1.29, 1.82) is 0 Å². The van der Waals surface area contributed by atoms with Crippen LogP contribution in [0.5, 0.6) is 0 Å². The molecule has 21 heavy (non-hydrogen) atoms. The molecule has 3 rings (SSSR count). The number of rotatable bonds is 4. The van der Waals surface area contributed by atoms with Crippen molar-refractivity contribution in [2.24, 2.45) is 0 Å². The third kappa shape index (κ3) is 2.64. The van der Waals surface area contributed by atoms with Crippen LogP contribution in [0.1, 0.15) is 15.9 Å². The first-order chi connectivity index (χ1) is 10.3. The van der Waals surface area contributed by atoms with Crippen LogP contribution in [0, 0.1) is 0 Å². The van der Waals surface area contributed by atoms with Gasteiger partial charge in [0.2, 0.25) is 0 Å². The van der Waals surface area contributed by atoms with Crippen molar-refractivity contribution in [1.82, 2.24) is 15.0 Å². The van der Waals surface area contributed by atoms with E-state index in [1.54, 1.807) is 24.5 Å². The number of aromatic carboxylic acids is 1. The van der Waals surface area contributed by atoms with Crippen molar-refractivity contribution in [3.05, 3.63) is 60.2 Å². The number of hydrogen-bond acceptors (Lipinski definition) is 6. The maximum atomic E-state index is 11.2. The molecule has 104 valence electrons. The average molecular weight is 279 g/mol. The molecule has 0 atom stereocenters. The van der Waals surface area contributed by atoms with Crippen molar-refractivity contribution >= 4 is 22.7 Å². The molecule has 0 unspecified atom stereocenters. The minimum atomic E-state index is -1.25. The Morgan fingerprint density at radius 2 is 2.10 bits per heavy atom. The molecule has 1 aromatic carbocycles. The van der Waals surface area contributed by atoms with Gasteiger partial charge in [0.25, 0.3) is 0 Å². The fourth-order valence-electron chi connectivity index (χ4n) is 2.10. The number of nitrogens with one attached hydrogen (secondary N) is 1. The van der Waals surface area contributed by atoms with Crippen molar-refractivity contribution in [3.8, 4) is 0 Å². The standard InChI is InChI=1S/C15H12N4O2/c20-15(21)11-4-1-5-12-13(11)14(19-9-18-12)17-8-10-3-2-6-16-7-10/h1-7,9H,8H2,(H,20,21)(H,17,18,19)/p-1. The molecule has 3 aromatic rings. The maximum absolute atomic E-state index is 11.2. The predicted molar refractivity (Wildman–Crippen MR) is 75.4 cm³/mol. The van der Waals surface area contributed by atoms with Gasteiger partial charge in [-0.1, -0.05) is 18.2 Å². The molecule has 0 aliphatic heterocycles. The number of benzene rings is 1. The highest BCUT2D eigenvalue weighted by Gasteiger charge is 2.09. The molecule has 2 aromatic heterocycles. The van der Waals surface area contributed by atoms with Crippen LogP contribution in [-0.2, 0) is 6.54 Å². The number of fused-ring (bicyclic) bond motifs is 1. The molecule has 0 bridgehead atoms. The lowest BCUT2D eigenvalue weighted by Crippen LogP contribution is -2.23. The van der Waals surface area contributed by atoms with Crippen LogP contribution in [-0.4, -0.2) is 20.9 Å². The van der Waals surface area contributed by atoms with E-state index in [2.05, 4.69) is 20.3 Å². The molecule has 1 N–H and O–H groups in total. The summed E-state index contributed by atoms with van der Waals surface area (Å²) in [5.74, 6) is -0.788. The normalized spacial score (nSPS) is 10.5. The van der Waals surface area contributed by atoms with Crippen LogP contribution >= 0.6 is 0 Å². The van der Waals surface area contributed by atoms with Crippen LogP contribution in [0.4, 0.5) is 5.82 Å². The van der Waals surface area contributed by atoms with E-state index in [0.29, 0.717) is 23.3 Å². The molecular weight excluding hydrogens is 268 g/mol. The summed E-state index contributed by atoms with van der Waals surface area (Å²) in [6.45, 7) is 0.487. The summed E-state index contributed by atoms with van der Waals surface area (Å²) in [5, 5.41) is 14.8. The Labute approximate surface area is 120 Å². The van der Waals surface area contributed by atoms with Gasteiger partial charge in [-0.15, -0.1) is 0 Å². The van der Waals surface area contributed by atoms with Crippen molar-refractivity contribution < 1.29 is 9.90 Å². The Bertz CT molecular complexity index is 785. The van der Waals surface area contributed by atoms with Gasteiger partial charge >= 0.3 is 0 Å². The van der Waals surface area contributed by atoms with Crippen LogP contribution in [0.2, 0.25) is 0 Å². The monoisotopic (exact) mass is 279 g/mol. The van der Waals surface area contributed by atoms with Gasteiger partial charge in [0.05, 0.1) is 16.9 Å². The third-order valence-corrected chi connectivity index (χ3v) is 3.07. The van der Waals surface area contributed by atoms with E-state index < -0.39 is 5.97 Å². The number of pyridine rings is 1. The molecular formula is C15H11N4O2-. The number of anilines is 1. The minimum Gasteiger partial charge on any atom is -0.545 e. The molecule has 0 amide bonds. The topological polar surface area (TPSA) is 90.8 Å². The summed E-state index contributed by atoms with van der Waals surface area (Å²) in [6, 6.07) is 8.60. The molecule has 0 saturated carbocycles. The van der Waals surface area contributed by atoms with Gasteiger partial charge in [-0.25, -0.2) is 9.97 Å². The summed E-state index contributed by atoms with van der Waals surface area (Å²) >= 11 is 0. The molecule has 6 heteroatoms. The van der Waals surface area contributed by atoms with E-state index in [1.165, 1.54) is 12.4 Å². The van der Waals surface area contributed by atoms with Crippen LogP contribution in [0.25, 0.3) is 10.9 Å². The largest absolute Gasteiger partial charge is 0.545 e. The summed E-state index contributed by atoms with van der Waals surface area (Å²) in [6.07, 6.45) is 4.82. The van der Waals surface area contributed by atoms with Gasteiger partial charge in [-0.05, 0) is 17.7 Å². The van der Waals surface area contributed by atoms with E-state index in [0.717, 1.165) is 5.56 Å². The molecule has 0 spiro atoms. The molecule has 0 fully saturated rings. The van der Waals surface area contributed by atoms with Gasteiger partial charge in [-0.3, -0.25) is 4.98 Å². The Morgan fingerprint density at radius 1 is 1.19 bits per heavy atom. The fraction of sp³-hybridized carbons (Fsp3) is 0.0667. The highest BCUT2D eigenvalue weighted by molar-refractivity contribution is 6.06. The lowest BCUT2D eigenvalue weighted by Gasteiger charge is -2.12. The lowest BCUT2D eigenvalue weighted by atomic mass is 10.1. The Balaban J connectivity index is 2.00. The zero-order valence-corrected chi connectivity index (χ0v) is 11.0. The summed E-state index contributed by atoms with van der Waals surface area (Å²) < 4.78 is 0. The van der Waals surface area contributed by atoms with Gasteiger partial charge in [0, 0.05) is 24.5 Å². The number of hydrogen-bond donors (Lipinski definition) is 1. The second-order valence-electron chi connectivity index (χ2n) is 4.42. The Hall–Kier alpha value is -3.02. The van der Waals surface area contributed by atoms with Crippen LogP contribution in [0.3, 0.4) is 0 Å². The van der Waals surface area contributed by atoms with Crippen LogP contribution < -0.4 is 10.4 Å². The molecule has 0 radical (unpaired) electrons. The van der Waals surface area contributed by atoms with Gasteiger partial charge in [0.1, 0.15) is 12.1 Å². The molecule has 6 nitrogen and oxygen atoms in total. The second-order valence-corrected chi connectivity index (χ2v) is 4.42. The van der Waals surface area contributed by atoms with E-state index in [9.17, 15) is 9.90 Å². The molecule has 0 aliphatic carbocycles. The van der Waals surface area contributed by atoms with Gasteiger partial charge in [0.15, 0.2) is 0 Å². The zero-order chi connectivity index (χ0) is 14.7. The van der Waals surface area contributed by atoms with Crippen molar-refractivity contribution in [3.63, 3.8) is 0 Å². The quantitative estimate of drug-likeness (QED) is 0.766. The van der Waals surface area contributed by atoms with E-state index >= 15 is 0 Å². The highest BCUT2D eigenvalue weighted by atomic mass is 16.4. The average Bonchev–Trinajstić information content (AvgIpc) is 2.53. The van der Waals surface area contributed by atoms with Crippen LogP contribution in [0.15, 0.2) is 49.1 Å². The minimum absolute atomic E-state index is 0.0711. The SMILES string of the molecule is O=C([O-])c1cccc2ncnc(NCc3cccnc3)c12. The predicted octanol–water partition coefficient (Wildman–Crippen LogP) is 1.00. The number of carbonyl (C=O) groups excluding carboxylic acids is 1. The molecule has 0 aliphatic rings. The highest BCUT2D eigenvalue weighted by Crippen LogP contribution is 2.23.